The van der Waals surface area contributed by atoms with E-state index in [1.807, 2.05) is 0 Å². The Hall–Kier alpha value is 0.954. The molecule has 3 nitrogen and oxygen atoms in total. The number of Topliss-reactive ketones (excluding diaryl/α,β-unsaturated/α-hetero) is 1. The summed E-state index contributed by atoms with van der Waals surface area (Å²) < 4.78 is 5.19. The maximum atomic E-state index is 11.5. The van der Waals surface area contributed by atoms with Crippen molar-refractivity contribution in [2.75, 3.05) is 19.8 Å². The third-order valence-corrected chi connectivity index (χ3v) is 2.26. The predicted molar refractivity (Wildman–Crippen MR) is 52.0 cm³/mol. The van der Waals surface area contributed by atoms with E-state index in [1.54, 1.807) is 0 Å². The normalized spacial score (nSPS) is 21.4. The second-order valence-electron chi connectivity index (χ2n) is 3.42. The SMILES string of the molecule is CCCCCC(=O)C1COCC[N-]1.[Pr+3]. The molecule has 4 heteroatoms. The van der Waals surface area contributed by atoms with Crippen LogP contribution in [0.25, 0.3) is 5.32 Å². The van der Waals surface area contributed by atoms with Crippen molar-refractivity contribution in [1.29, 1.82) is 0 Å². The third-order valence-electron chi connectivity index (χ3n) is 2.26. The van der Waals surface area contributed by atoms with E-state index in [0.717, 1.165) is 19.3 Å². The van der Waals surface area contributed by atoms with Gasteiger partial charge in [0.15, 0.2) is 0 Å². The molecule has 1 aliphatic rings. The largest absolute Gasteiger partial charge is 3.00 e. The van der Waals surface area contributed by atoms with Crippen LogP contribution in [0.3, 0.4) is 0 Å². The first kappa shape index (κ1) is 15.0. The smallest absolute Gasteiger partial charge is 0.650 e. The minimum Gasteiger partial charge on any atom is -0.650 e. The fourth-order valence-corrected chi connectivity index (χ4v) is 1.43. The molecule has 76 valence electrons. The number of ketones is 1. The molecular weight excluding hydrogens is 307 g/mol. The molecule has 0 N–H and O–H groups in total. The van der Waals surface area contributed by atoms with E-state index >= 15 is 0 Å². The Kier molecular flexibility index (Phi) is 9.83. The van der Waals surface area contributed by atoms with Crippen LogP contribution in [0.2, 0.25) is 0 Å². The van der Waals surface area contributed by atoms with Crippen LogP contribution >= 0.6 is 0 Å². The van der Waals surface area contributed by atoms with Crippen molar-refractivity contribution in [2.45, 2.75) is 38.6 Å². The van der Waals surface area contributed by atoms with E-state index < -0.39 is 0 Å². The molecule has 1 unspecified atom stereocenters. The van der Waals surface area contributed by atoms with Crippen molar-refractivity contribution in [3.05, 3.63) is 5.32 Å². The predicted octanol–water partition coefficient (Wildman–Crippen LogP) is 1.91. The van der Waals surface area contributed by atoms with Crippen molar-refractivity contribution >= 4 is 5.78 Å². The van der Waals surface area contributed by atoms with Crippen LogP contribution in [0.5, 0.6) is 0 Å². The van der Waals surface area contributed by atoms with Crippen molar-refractivity contribution in [1.82, 2.24) is 0 Å². The van der Waals surface area contributed by atoms with Crippen LogP contribution in [0.4, 0.5) is 0 Å². The third kappa shape index (κ3) is 5.74. The fraction of sp³-hybridized carbons (Fsp3) is 0.900. The molecule has 0 spiro atoms. The zero-order valence-corrected chi connectivity index (χ0v) is 12.6. The van der Waals surface area contributed by atoms with E-state index in [4.69, 9.17) is 4.74 Å². The fourth-order valence-electron chi connectivity index (χ4n) is 1.43. The summed E-state index contributed by atoms with van der Waals surface area (Å²) in [6.45, 7) is 4.01. The Labute approximate surface area is 119 Å². The molecule has 1 heterocycles. The van der Waals surface area contributed by atoms with E-state index in [2.05, 4.69) is 12.2 Å². The van der Waals surface area contributed by atoms with Crippen LogP contribution in [0.15, 0.2) is 0 Å². The summed E-state index contributed by atoms with van der Waals surface area (Å²) in [5.41, 5.74) is 0. The molecule has 0 radical (unpaired) electrons. The van der Waals surface area contributed by atoms with Gasteiger partial charge in [-0.2, -0.15) is 0 Å². The second kappa shape index (κ2) is 9.20. The van der Waals surface area contributed by atoms with Gasteiger partial charge < -0.3 is 14.8 Å². The van der Waals surface area contributed by atoms with Gasteiger partial charge in [-0.1, -0.05) is 25.8 Å². The summed E-state index contributed by atoms with van der Waals surface area (Å²) in [5, 5.41) is 4.23. The topological polar surface area (TPSA) is 40.4 Å². The molecule has 0 aliphatic carbocycles. The number of hydrogen-bond acceptors (Lipinski definition) is 2. The van der Waals surface area contributed by atoms with Gasteiger partial charge in [-0.3, -0.25) is 0 Å². The number of morpholine rings is 1. The molecule has 1 rings (SSSR count). The number of unbranched alkanes of at least 4 members (excludes halogenated alkanes) is 2. The minimum absolute atomic E-state index is 0. The Balaban J connectivity index is 0.00000169. The van der Waals surface area contributed by atoms with Gasteiger partial charge in [0, 0.05) is 19.6 Å². The van der Waals surface area contributed by atoms with Crippen LogP contribution in [0.1, 0.15) is 32.6 Å². The zero-order valence-electron chi connectivity index (χ0n) is 8.87. The number of ether oxygens (including phenoxy) is 1. The zero-order chi connectivity index (χ0) is 9.52. The standard InChI is InChI=1S/C10H18NO2.Pr/c1-2-3-4-5-10(12)9-8-13-7-6-11-9;/h9H,2-8H2,1H3;/q-1;+3. The number of nitrogens with zero attached hydrogens (tertiary/aromatic N) is 1. The number of carbonyl (C=O) groups is 1. The molecular formula is C10H18NO2Pr+2. The van der Waals surface area contributed by atoms with Gasteiger partial charge in [0.1, 0.15) is 5.78 Å². The monoisotopic (exact) mass is 325 g/mol. The van der Waals surface area contributed by atoms with Gasteiger partial charge in [-0.25, -0.2) is 0 Å². The molecule has 0 aromatic heterocycles. The van der Waals surface area contributed by atoms with E-state index in [1.165, 1.54) is 0 Å². The Morgan fingerprint density at radius 3 is 2.86 bits per heavy atom. The van der Waals surface area contributed by atoms with Crippen LogP contribution in [-0.4, -0.2) is 31.6 Å². The summed E-state index contributed by atoms with van der Waals surface area (Å²) in [4.78, 5) is 11.5. The molecule has 14 heavy (non-hydrogen) atoms. The van der Waals surface area contributed by atoms with Crippen molar-refractivity contribution in [3.63, 3.8) is 0 Å². The Morgan fingerprint density at radius 1 is 1.50 bits per heavy atom. The Bertz CT molecular complexity index is 158. The first-order valence-electron chi connectivity index (χ1n) is 5.11. The Morgan fingerprint density at radius 2 is 2.29 bits per heavy atom. The summed E-state index contributed by atoms with van der Waals surface area (Å²) >= 11 is 0. The molecule has 0 amide bonds. The first-order chi connectivity index (χ1) is 6.34. The van der Waals surface area contributed by atoms with Gasteiger partial charge in [0.05, 0.1) is 0 Å². The van der Waals surface area contributed by atoms with Crippen LogP contribution < -0.4 is 0 Å². The first-order valence-corrected chi connectivity index (χ1v) is 5.11. The quantitative estimate of drug-likeness (QED) is 0.725. The maximum Gasteiger partial charge on any atom is 3.00 e. The summed E-state index contributed by atoms with van der Waals surface area (Å²) in [6.07, 6.45) is 3.97. The van der Waals surface area contributed by atoms with Gasteiger partial charge in [-0.15, -0.1) is 6.54 Å². The molecule has 0 bridgehead atoms. The van der Waals surface area contributed by atoms with Crippen molar-refractivity contribution in [2.24, 2.45) is 0 Å². The summed E-state index contributed by atoms with van der Waals surface area (Å²) in [6, 6.07) is -0.161. The van der Waals surface area contributed by atoms with Gasteiger partial charge in [-0.05, 0) is 6.42 Å². The van der Waals surface area contributed by atoms with E-state index in [-0.39, 0.29) is 53.1 Å². The second-order valence-corrected chi connectivity index (χ2v) is 3.42. The van der Waals surface area contributed by atoms with Crippen LogP contribution in [0, 0.1) is 41.3 Å². The molecule has 1 saturated heterocycles. The average Bonchev–Trinajstić information content (AvgIpc) is 2.19. The molecule has 1 fully saturated rings. The van der Waals surface area contributed by atoms with Gasteiger partial charge >= 0.3 is 41.3 Å². The average molecular weight is 325 g/mol. The van der Waals surface area contributed by atoms with Crippen molar-refractivity contribution in [3.8, 4) is 0 Å². The van der Waals surface area contributed by atoms with Crippen molar-refractivity contribution < 1.29 is 50.8 Å². The number of carbonyl (C=O) groups excluding carboxylic acids is 1. The van der Waals surface area contributed by atoms with Gasteiger partial charge in [0.25, 0.3) is 0 Å². The number of rotatable bonds is 5. The van der Waals surface area contributed by atoms with E-state index in [9.17, 15) is 4.79 Å². The molecule has 1 atom stereocenters. The molecule has 0 saturated carbocycles. The van der Waals surface area contributed by atoms with Gasteiger partial charge in [0.2, 0.25) is 0 Å². The molecule has 1 aliphatic heterocycles. The maximum absolute atomic E-state index is 11.5. The summed E-state index contributed by atoms with van der Waals surface area (Å²) in [5.74, 6) is 0.258. The van der Waals surface area contributed by atoms with Crippen LogP contribution in [-0.2, 0) is 9.53 Å². The number of hydrogen-bond donors (Lipinski definition) is 0. The molecule has 0 aromatic carbocycles. The van der Waals surface area contributed by atoms with E-state index in [0.29, 0.717) is 26.2 Å². The summed E-state index contributed by atoms with van der Waals surface area (Å²) in [7, 11) is 0. The minimum atomic E-state index is -0.161. The molecule has 0 aromatic rings.